The second-order valence-electron chi connectivity index (χ2n) is 7.21. The summed E-state index contributed by atoms with van der Waals surface area (Å²) in [6.07, 6.45) is 3.01. The molecule has 3 rings (SSSR count). The van der Waals surface area contributed by atoms with Crippen LogP contribution in [-0.2, 0) is 9.59 Å². The van der Waals surface area contributed by atoms with Crippen molar-refractivity contribution in [1.82, 2.24) is 0 Å². The molecule has 0 saturated heterocycles. The van der Waals surface area contributed by atoms with Gasteiger partial charge in [0.25, 0.3) is 0 Å². The van der Waals surface area contributed by atoms with E-state index in [0.717, 1.165) is 48.2 Å². The van der Waals surface area contributed by atoms with Crippen LogP contribution in [0.3, 0.4) is 0 Å². The van der Waals surface area contributed by atoms with Gasteiger partial charge in [0.2, 0.25) is 11.8 Å². The lowest BCUT2D eigenvalue weighted by atomic mass is 9.81. The molecule has 2 N–H and O–H groups in total. The highest BCUT2D eigenvalue weighted by molar-refractivity contribution is 5.94. The van der Waals surface area contributed by atoms with Gasteiger partial charge in [-0.3, -0.25) is 9.59 Å². The standard InChI is InChI=1S/C22H26N2O2/c1-15-6-5-8-19(14-15)23-21(25)17-10-12-18(13-11-17)22(26)24-20-9-4-3-7-16(20)2/h3-9,14,17-18H,10-13H2,1-2H3,(H,23,25)(H,24,26). The molecule has 136 valence electrons. The molecule has 2 amide bonds. The number of amides is 2. The van der Waals surface area contributed by atoms with Crippen molar-refractivity contribution in [1.29, 1.82) is 0 Å². The number of benzene rings is 2. The van der Waals surface area contributed by atoms with Gasteiger partial charge in [0.1, 0.15) is 0 Å². The van der Waals surface area contributed by atoms with Gasteiger partial charge in [-0.2, -0.15) is 0 Å². The maximum Gasteiger partial charge on any atom is 0.227 e. The Morgan fingerprint density at radius 2 is 1.42 bits per heavy atom. The van der Waals surface area contributed by atoms with Gasteiger partial charge in [0.15, 0.2) is 0 Å². The number of hydrogen-bond donors (Lipinski definition) is 2. The van der Waals surface area contributed by atoms with Gasteiger partial charge in [-0.05, 0) is 68.9 Å². The lowest BCUT2D eigenvalue weighted by Gasteiger charge is -2.27. The highest BCUT2D eigenvalue weighted by Crippen LogP contribution is 2.31. The molecule has 0 spiro atoms. The first kappa shape index (κ1) is 18.2. The maximum absolute atomic E-state index is 12.5. The van der Waals surface area contributed by atoms with Crippen molar-refractivity contribution in [3.05, 3.63) is 59.7 Å². The molecule has 0 heterocycles. The summed E-state index contributed by atoms with van der Waals surface area (Å²) in [6, 6.07) is 15.6. The quantitative estimate of drug-likeness (QED) is 0.840. The Bertz CT molecular complexity index is 792. The van der Waals surface area contributed by atoms with E-state index in [1.807, 2.05) is 62.4 Å². The summed E-state index contributed by atoms with van der Waals surface area (Å²) in [5.74, 6) is 0.0980. The molecule has 0 radical (unpaired) electrons. The van der Waals surface area contributed by atoms with E-state index < -0.39 is 0 Å². The molecular formula is C22H26N2O2. The lowest BCUT2D eigenvalue weighted by Crippen LogP contribution is -2.32. The van der Waals surface area contributed by atoms with Gasteiger partial charge in [-0.1, -0.05) is 30.3 Å². The summed E-state index contributed by atoms with van der Waals surface area (Å²) in [5.41, 5.74) is 3.90. The van der Waals surface area contributed by atoms with E-state index in [9.17, 15) is 9.59 Å². The molecule has 1 saturated carbocycles. The van der Waals surface area contributed by atoms with Crippen molar-refractivity contribution in [2.75, 3.05) is 10.6 Å². The first-order chi connectivity index (χ1) is 12.5. The van der Waals surface area contributed by atoms with Crippen molar-refractivity contribution in [2.45, 2.75) is 39.5 Å². The molecule has 4 heteroatoms. The summed E-state index contributed by atoms with van der Waals surface area (Å²) < 4.78 is 0. The van der Waals surface area contributed by atoms with Gasteiger partial charge in [0.05, 0.1) is 0 Å². The summed E-state index contributed by atoms with van der Waals surface area (Å²) in [6.45, 7) is 4.00. The highest BCUT2D eigenvalue weighted by Gasteiger charge is 2.30. The Morgan fingerprint density at radius 1 is 0.808 bits per heavy atom. The van der Waals surface area contributed by atoms with Crippen LogP contribution in [0.5, 0.6) is 0 Å². The molecule has 4 nitrogen and oxygen atoms in total. The molecule has 26 heavy (non-hydrogen) atoms. The molecule has 2 aromatic rings. The number of anilines is 2. The molecule has 0 unspecified atom stereocenters. The van der Waals surface area contributed by atoms with E-state index >= 15 is 0 Å². The molecule has 1 aliphatic rings. The summed E-state index contributed by atoms with van der Waals surface area (Å²) in [7, 11) is 0. The third kappa shape index (κ3) is 4.51. The van der Waals surface area contributed by atoms with Crippen LogP contribution in [-0.4, -0.2) is 11.8 Å². The van der Waals surface area contributed by atoms with Gasteiger partial charge < -0.3 is 10.6 Å². The molecule has 0 atom stereocenters. The number of para-hydroxylation sites is 1. The maximum atomic E-state index is 12.5. The zero-order valence-electron chi connectivity index (χ0n) is 15.4. The van der Waals surface area contributed by atoms with Crippen molar-refractivity contribution in [3.63, 3.8) is 0 Å². The predicted octanol–water partition coefficient (Wildman–Crippen LogP) is 4.69. The van der Waals surface area contributed by atoms with E-state index in [1.165, 1.54) is 0 Å². The Labute approximate surface area is 155 Å². The van der Waals surface area contributed by atoms with Crippen LogP contribution < -0.4 is 10.6 Å². The van der Waals surface area contributed by atoms with Crippen LogP contribution in [0.15, 0.2) is 48.5 Å². The average molecular weight is 350 g/mol. The first-order valence-electron chi connectivity index (χ1n) is 9.27. The lowest BCUT2D eigenvalue weighted by molar-refractivity contribution is -0.125. The number of carbonyl (C=O) groups excluding carboxylic acids is 2. The minimum absolute atomic E-state index is 0.0157. The molecule has 0 bridgehead atoms. The van der Waals surface area contributed by atoms with E-state index in [1.54, 1.807) is 0 Å². The Hall–Kier alpha value is -2.62. The molecule has 2 aromatic carbocycles. The Balaban J connectivity index is 1.51. The normalized spacial score (nSPS) is 19.6. The fourth-order valence-electron chi connectivity index (χ4n) is 3.53. The van der Waals surface area contributed by atoms with Crippen LogP contribution in [0.25, 0.3) is 0 Å². The van der Waals surface area contributed by atoms with Crippen molar-refractivity contribution >= 4 is 23.2 Å². The third-order valence-electron chi connectivity index (χ3n) is 5.16. The van der Waals surface area contributed by atoms with Gasteiger partial charge in [0, 0.05) is 23.2 Å². The topological polar surface area (TPSA) is 58.2 Å². The number of aryl methyl sites for hydroxylation is 2. The number of nitrogens with one attached hydrogen (secondary N) is 2. The van der Waals surface area contributed by atoms with Crippen LogP contribution in [0.2, 0.25) is 0 Å². The van der Waals surface area contributed by atoms with Crippen molar-refractivity contribution < 1.29 is 9.59 Å². The van der Waals surface area contributed by atoms with Crippen LogP contribution >= 0.6 is 0 Å². The Morgan fingerprint density at radius 3 is 2.04 bits per heavy atom. The Kier molecular flexibility index (Phi) is 5.71. The average Bonchev–Trinajstić information content (AvgIpc) is 2.64. The van der Waals surface area contributed by atoms with Crippen molar-refractivity contribution in [3.8, 4) is 0 Å². The predicted molar refractivity (Wildman–Crippen MR) is 105 cm³/mol. The molecule has 1 aliphatic carbocycles. The van der Waals surface area contributed by atoms with Crippen LogP contribution in [0.4, 0.5) is 11.4 Å². The number of rotatable bonds is 4. The minimum atomic E-state index is -0.0161. The summed E-state index contributed by atoms with van der Waals surface area (Å²) in [4.78, 5) is 25.0. The van der Waals surface area contributed by atoms with Crippen molar-refractivity contribution in [2.24, 2.45) is 11.8 Å². The van der Waals surface area contributed by atoms with Gasteiger partial charge >= 0.3 is 0 Å². The van der Waals surface area contributed by atoms with Crippen LogP contribution in [0.1, 0.15) is 36.8 Å². The highest BCUT2D eigenvalue weighted by atomic mass is 16.2. The van der Waals surface area contributed by atoms with Gasteiger partial charge in [-0.25, -0.2) is 0 Å². The van der Waals surface area contributed by atoms with E-state index in [2.05, 4.69) is 10.6 Å². The zero-order valence-corrected chi connectivity index (χ0v) is 15.4. The monoisotopic (exact) mass is 350 g/mol. The SMILES string of the molecule is Cc1cccc(NC(=O)C2CCC(C(=O)Nc3ccccc3C)CC2)c1. The fraction of sp³-hybridized carbons (Fsp3) is 0.364. The molecular weight excluding hydrogens is 324 g/mol. The second-order valence-corrected chi connectivity index (χ2v) is 7.21. The second kappa shape index (κ2) is 8.17. The van der Waals surface area contributed by atoms with E-state index in [-0.39, 0.29) is 23.7 Å². The van der Waals surface area contributed by atoms with Gasteiger partial charge in [-0.15, -0.1) is 0 Å². The molecule has 0 aliphatic heterocycles. The first-order valence-corrected chi connectivity index (χ1v) is 9.27. The third-order valence-corrected chi connectivity index (χ3v) is 5.16. The molecule has 1 fully saturated rings. The van der Waals surface area contributed by atoms with E-state index in [0.29, 0.717) is 0 Å². The molecule has 0 aromatic heterocycles. The zero-order chi connectivity index (χ0) is 18.5. The summed E-state index contributed by atoms with van der Waals surface area (Å²) in [5, 5.41) is 6.03. The minimum Gasteiger partial charge on any atom is -0.326 e. The smallest absolute Gasteiger partial charge is 0.227 e. The summed E-state index contributed by atoms with van der Waals surface area (Å²) >= 11 is 0. The van der Waals surface area contributed by atoms with Crippen LogP contribution in [0, 0.1) is 25.7 Å². The number of carbonyl (C=O) groups is 2. The number of hydrogen-bond acceptors (Lipinski definition) is 2. The fourth-order valence-corrected chi connectivity index (χ4v) is 3.53. The largest absolute Gasteiger partial charge is 0.326 e. The van der Waals surface area contributed by atoms with E-state index in [4.69, 9.17) is 0 Å².